The van der Waals surface area contributed by atoms with Crippen LogP contribution in [0.3, 0.4) is 0 Å². The monoisotopic (exact) mass is 223 g/mol. The Morgan fingerprint density at radius 2 is 2.31 bits per heavy atom. The van der Waals surface area contributed by atoms with Crippen LogP contribution in [0.15, 0.2) is 0 Å². The lowest BCUT2D eigenvalue weighted by molar-refractivity contribution is 0.0541. The molecule has 1 saturated heterocycles. The molecule has 1 aliphatic rings. The molecule has 0 bridgehead atoms. The largest absolute Gasteiger partial charge is 0.379 e. The number of aromatic nitrogens is 2. The van der Waals surface area contributed by atoms with Crippen LogP contribution in [0.2, 0.25) is 0 Å². The van der Waals surface area contributed by atoms with E-state index < -0.39 is 0 Å². The van der Waals surface area contributed by atoms with Gasteiger partial charge in [-0.3, -0.25) is 4.68 Å². The van der Waals surface area contributed by atoms with Crippen LogP contribution in [0.25, 0.3) is 0 Å². The topological polar surface area (TPSA) is 53.1 Å². The van der Waals surface area contributed by atoms with Crippen molar-refractivity contribution < 1.29 is 4.74 Å². The number of rotatable bonds is 3. The fourth-order valence-electron chi connectivity index (χ4n) is 2.48. The number of ether oxygens (including phenoxy) is 1. The van der Waals surface area contributed by atoms with Gasteiger partial charge in [0.25, 0.3) is 0 Å². The molecule has 0 radical (unpaired) electrons. The normalized spacial score (nSPS) is 21.3. The quantitative estimate of drug-likeness (QED) is 0.841. The van der Waals surface area contributed by atoms with Crippen molar-refractivity contribution in [2.24, 2.45) is 5.73 Å². The van der Waals surface area contributed by atoms with Crippen molar-refractivity contribution in [3.05, 3.63) is 17.0 Å². The third-order valence-electron chi connectivity index (χ3n) is 3.35. The lowest BCUT2D eigenvalue weighted by Gasteiger charge is -2.23. The summed E-state index contributed by atoms with van der Waals surface area (Å²) in [6.45, 7) is 6.59. The SMILES string of the molecule is Cc1nn(C2CCCOC2)c(C)c1CCN. The Morgan fingerprint density at radius 1 is 1.50 bits per heavy atom. The van der Waals surface area contributed by atoms with E-state index in [-0.39, 0.29) is 0 Å². The summed E-state index contributed by atoms with van der Waals surface area (Å²) in [6, 6.07) is 0.416. The highest BCUT2D eigenvalue weighted by molar-refractivity contribution is 5.25. The second-order valence-electron chi connectivity index (χ2n) is 4.50. The van der Waals surface area contributed by atoms with Crippen LogP contribution < -0.4 is 5.73 Å². The number of aryl methyl sites for hydroxylation is 1. The number of nitrogens with zero attached hydrogens (tertiary/aromatic N) is 2. The summed E-state index contributed by atoms with van der Waals surface area (Å²) in [6.07, 6.45) is 3.23. The fraction of sp³-hybridized carbons (Fsp3) is 0.750. The van der Waals surface area contributed by atoms with E-state index in [0.29, 0.717) is 12.6 Å². The lowest BCUT2D eigenvalue weighted by atomic mass is 10.1. The van der Waals surface area contributed by atoms with Crippen molar-refractivity contribution in [2.45, 2.75) is 39.2 Å². The fourth-order valence-corrected chi connectivity index (χ4v) is 2.48. The van der Waals surface area contributed by atoms with Crippen LogP contribution in [0.4, 0.5) is 0 Å². The molecular weight excluding hydrogens is 202 g/mol. The van der Waals surface area contributed by atoms with Gasteiger partial charge in [-0.05, 0) is 45.2 Å². The van der Waals surface area contributed by atoms with Crippen molar-refractivity contribution in [1.29, 1.82) is 0 Å². The Balaban J connectivity index is 2.23. The van der Waals surface area contributed by atoms with Crippen LogP contribution in [-0.2, 0) is 11.2 Å². The van der Waals surface area contributed by atoms with Gasteiger partial charge in [0.2, 0.25) is 0 Å². The van der Waals surface area contributed by atoms with Crippen molar-refractivity contribution in [3.63, 3.8) is 0 Å². The van der Waals surface area contributed by atoms with E-state index in [4.69, 9.17) is 10.5 Å². The lowest BCUT2D eigenvalue weighted by Crippen LogP contribution is -2.23. The molecule has 0 aliphatic carbocycles. The molecule has 0 saturated carbocycles. The van der Waals surface area contributed by atoms with E-state index in [9.17, 15) is 0 Å². The highest BCUT2D eigenvalue weighted by Crippen LogP contribution is 2.23. The molecule has 2 heterocycles. The molecule has 16 heavy (non-hydrogen) atoms. The predicted octanol–water partition coefficient (Wildman–Crippen LogP) is 1.35. The van der Waals surface area contributed by atoms with Crippen molar-refractivity contribution in [3.8, 4) is 0 Å². The molecular formula is C12H21N3O. The summed E-state index contributed by atoms with van der Waals surface area (Å²) in [5.41, 5.74) is 9.32. The molecule has 1 unspecified atom stereocenters. The summed E-state index contributed by atoms with van der Waals surface area (Å²) in [5.74, 6) is 0. The first-order valence-electron chi connectivity index (χ1n) is 6.06. The first-order chi connectivity index (χ1) is 7.74. The van der Waals surface area contributed by atoms with E-state index in [0.717, 1.165) is 31.7 Å². The summed E-state index contributed by atoms with van der Waals surface area (Å²) >= 11 is 0. The highest BCUT2D eigenvalue weighted by Gasteiger charge is 2.20. The zero-order chi connectivity index (χ0) is 11.5. The zero-order valence-corrected chi connectivity index (χ0v) is 10.2. The van der Waals surface area contributed by atoms with Crippen molar-refractivity contribution >= 4 is 0 Å². The van der Waals surface area contributed by atoms with Gasteiger partial charge in [0.1, 0.15) is 0 Å². The molecule has 1 aromatic heterocycles. The van der Waals surface area contributed by atoms with Crippen LogP contribution in [0.1, 0.15) is 35.8 Å². The summed E-state index contributed by atoms with van der Waals surface area (Å²) in [7, 11) is 0. The van der Waals surface area contributed by atoms with E-state index >= 15 is 0 Å². The number of hydrogen-bond donors (Lipinski definition) is 1. The van der Waals surface area contributed by atoms with Crippen molar-refractivity contribution in [1.82, 2.24) is 9.78 Å². The van der Waals surface area contributed by atoms with Gasteiger partial charge in [-0.15, -0.1) is 0 Å². The first kappa shape index (κ1) is 11.6. The molecule has 1 atom stereocenters. The minimum Gasteiger partial charge on any atom is -0.379 e. The van der Waals surface area contributed by atoms with Gasteiger partial charge in [-0.1, -0.05) is 0 Å². The van der Waals surface area contributed by atoms with Crippen LogP contribution >= 0.6 is 0 Å². The summed E-state index contributed by atoms with van der Waals surface area (Å²) < 4.78 is 7.65. The molecule has 4 heteroatoms. The minimum absolute atomic E-state index is 0.416. The highest BCUT2D eigenvalue weighted by atomic mass is 16.5. The van der Waals surface area contributed by atoms with Gasteiger partial charge in [0.15, 0.2) is 0 Å². The smallest absolute Gasteiger partial charge is 0.0756 e. The summed E-state index contributed by atoms with van der Waals surface area (Å²) in [5, 5.41) is 4.63. The Hall–Kier alpha value is -0.870. The van der Waals surface area contributed by atoms with E-state index in [1.807, 2.05) is 0 Å². The van der Waals surface area contributed by atoms with Crippen molar-refractivity contribution in [2.75, 3.05) is 19.8 Å². The maximum Gasteiger partial charge on any atom is 0.0756 e. The minimum atomic E-state index is 0.416. The van der Waals surface area contributed by atoms with Crippen LogP contribution in [-0.4, -0.2) is 29.5 Å². The Kier molecular flexibility index (Phi) is 3.61. The Morgan fingerprint density at radius 3 is 2.94 bits per heavy atom. The zero-order valence-electron chi connectivity index (χ0n) is 10.2. The van der Waals surface area contributed by atoms with Gasteiger partial charge in [0.05, 0.1) is 18.3 Å². The number of hydrogen-bond acceptors (Lipinski definition) is 3. The second kappa shape index (κ2) is 4.97. The maximum absolute atomic E-state index is 5.62. The maximum atomic E-state index is 5.62. The predicted molar refractivity (Wildman–Crippen MR) is 63.5 cm³/mol. The van der Waals surface area contributed by atoms with E-state index in [2.05, 4.69) is 23.6 Å². The molecule has 0 amide bonds. The number of nitrogens with two attached hydrogens (primary N) is 1. The molecule has 0 spiro atoms. The molecule has 2 N–H and O–H groups in total. The van der Waals surface area contributed by atoms with Gasteiger partial charge in [0, 0.05) is 12.3 Å². The van der Waals surface area contributed by atoms with Crippen LogP contribution in [0, 0.1) is 13.8 Å². The molecule has 0 aromatic carbocycles. The molecule has 4 nitrogen and oxygen atoms in total. The Bertz CT molecular complexity index is 353. The van der Waals surface area contributed by atoms with Gasteiger partial charge in [-0.2, -0.15) is 5.10 Å². The van der Waals surface area contributed by atoms with Crippen LogP contribution in [0.5, 0.6) is 0 Å². The van der Waals surface area contributed by atoms with Gasteiger partial charge >= 0.3 is 0 Å². The average molecular weight is 223 g/mol. The molecule has 1 aliphatic heterocycles. The molecule has 1 fully saturated rings. The first-order valence-corrected chi connectivity index (χ1v) is 6.06. The third kappa shape index (κ3) is 2.13. The standard InChI is InChI=1S/C12H21N3O/c1-9-12(5-6-13)10(2)15(14-9)11-4-3-7-16-8-11/h11H,3-8,13H2,1-2H3. The third-order valence-corrected chi connectivity index (χ3v) is 3.35. The second-order valence-corrected chi connectivity index (χ2v) is 4.50. The van der Waals surface area contributed by atoms with E-state index in [1.54, 1.807) is 0 Å². The Labute approximate surface area is 96.8 Å². The summed E-state index contributed by atoms with van der Waals surface area (Å²) in [4.78, 5) is 0. The van der Waals surface area contributed by atoms with Gasteiger partial charge in [-0.25, -0.2) is 0 Å². The van der Waals surface area contributed by atoms with E-state index in [1.165, 1.54) is 17.7 Å². The molecule has 2 rings (SSSR count). The molecule has 90 valence electrons. The average Bonchev–Trinajstić information content (AvgIpc) is 2.59. The molecule has 1 aromatic rings. The van der Waals surface area contributed by atoms with Gasteiger partial charge < -0.3 is 10.5 Å².